The Hall–Kier alpha value is -4.16. The Bertz CT molecular complexity index is 1410. The van der Waals surface area contributed by atoms with E-state index in [2.05, 4.69) is 27.8 Å². The van der Waals surface area contributed by atoms with Gasteiger partial charge in [0.25, 0.3) is 5.91 Å². The van der Waals surface area contributed by atoms with Gasteiger partial charge in [0.1, 0.15) is 6.04 Å². The van der Waals surface area contributed by atoms with Crippen LogP contribution in [0.2, 0.25) is 0 Å². The fourth-order valence-corrected chi connectivity index (χ4v) is 5.14. The first kappa shape index (κ1) is 22.6. The molecule has 0 aliphatic rings. The van der Waals surface area contributed by atoms with Crippen molar-refractivity contribution >= 4 is 34.1 Å². The number of para-hydroxylation sites is 1. The molecule has 6 heteroatoms. The van der Waals surface area contributed by atoms with Crippen molar-refractivity contribution in [3.05, 3.63) is 130 Å². The van der Waals surface area contributed by atoms with Crippen LogP contribution in [0.1, 0.15) is 38.3 Å². The maximum Gasteiger partial charge on any atom is 0.252 e. The molecular formula is C29H25N3O2S. The van der Waals surface area contributed by atoms with E-state index >= 15 is 0 Å². The number of amides is 2. The van der Waals surface area contributed by atoms with Crippen LogP contribution in [0, 0.1) is 0 Å². The minimum atomic E-state index is -0.809. The number of H-pyrrole nitrogens is 1. The van der Waals surface area contributed by atoms with E-state index in [1.54, 1.807) is 35.6 Å². The van der Waals surface area contributed by atoms with Crippen molar-refractivity contribution in [2.45, 2.75) is 12.0 Å². The van der Waals surface area contributed by atoms with Crippen molar-refractivity contribution in [1.29, 1.82) is 0 Å². The molecule has 35 heavy (non-hydrogen) atoms. The Morgan fingerprint density at radius 3 is 2.29 bits per heavy atom. The predicted octanol–water partition coefficient (Wildman–Crippen LogP) is 5.65. The lowest BCUT2D eigenvalue weighted by molar-refractivity contribution is -0.123. The molecule has 5 nitrogen and oxygen atoms in total. The quantitative estimate of drug-likeness (QED) is 0.269. The molecule has 0 fully saturated rings. The molecule has 2 amide bonds. The number of benzene rings is 3. The van der Waals surface area contributed by atoms with Gasteiger partial charge < -0.3 is 15.6 Å². The summed E-state index contributed by atoms with van der Waals surface area (Å²) in [5.74, 6) is -0.556. The Morgan fingerprint density at radius 2 is 1.54 bits per heavy atom. The van der Waals surface area contributed by atoms with Gasteiger partial charge in [0, 0.05) is 40.0 Å². The second-order valence-corrected chi connectivity index (χ2v) is 9.27. The normalized spacial score (nSPS) is 12.7. The summed E-state index contributed by atoms with van der Waals surface area (Å²) in [6.07, 6.45) is 2.02. The molecule has 0 radical (unpaired) electrons. The first-order chi connectivity index (χ1) is 17.2. The largest absolute Gasteiger partial charge is 0.361 e. The minimum absolute atomic E-state index is 0.0173. The highest BCUT2D eigenvalue weighted by molar-refractivity contribution is 7.10. The number of aromatic nitrogens is 1. The summed E-state index contributed by atoms with van der Waals surface area (Å²) in [6.45, 7) is 0.408. The van der Waals surface area contributed by atoms with Gasteiger partial charge in [0.15, 0.2) is 0 Å². The smallest absolute Gasteiger partial charge is 0.252 e. The third kappa shape index (κ3) is 5.03. The van der Waals surface area contributed by atoms with Crippen LogP contribution in [0.15, 0.2) is 109 Å². The molecule has 0 aliphatic carbocycles. The molecule has 2 heterocycles. The number of rotatable bonds is 8. The lowest BCUT2D eigenvalue weighted by atomic mass is 9.96. The standard InChI is InChI=1S/C29H25N3O2S/c33-28(21-12-5-2-6-13-21)32-27(20-10-3-1-4-11-20)29(34)31-19-24(26-16-9-17-35-26)23-18-30-25-15-8-7-14-22(23)25/h1-18,24,27,30H,19H2,(H,31,34)(H,32,33). The molecule has 0 bridgehead atoms. The van der Waals surface area contributed by atoms with Crippen LogP contribution in [0.4, 0.5) is 0 Å². The second-order valence-electron chi connectivity index (χ2n) is 8.29. The van der Waals surface area contributed by atoms with Crippen LogP contribution in [0.5, 0.6) is 0 Å². The molecule has 0 aliphatic heterocycles. The van der Waals surface area contributed by atoms with E-state index in [9.17, 15) is 9.59 Å². The molecule has 3 N–H and O–H groups in total. The maximum absolute atomic E-state index is 13.5. The third-order valence-electron chi connectivity index (χ3n) is 6.07. The van der Waals surface area contributed by atoms with Crippen LogP contribution < -0.4 is 10.6 Å². The van der Waals surface area contributed by atoms with E-state index in [0.29, 0.717) is 12.1 Å². The molecule has 5 rings (SSSR count). The van der Waals surface area contributed by atoms with Gasteiger partial charge in [-0.2, -0.15) is 0 Å². The summed E-state index contributed by atoms with van der Waals surface area (Å²) in [5, 5.41) is 9.22. The average molecular weight is 480 g/mol. The van der Waals surface area contributed by atoms with Gasteiger partial charge in [-0.25, -0.2) is 0 Å². The van der Waals surface area contributed by atoms with Crippen LogP contribution in [0.25, 0.3) is 10.9 Å². The van der Waals surface area contributed by atoms with Crippen LogP contribution in [-0.2, 0) is 4.79 Å². The van der Waals surface area contributed by atoms with E-state index in [-0.39, 0.29) is 17.7 Å². The number of carbonyl (C=O) groups excluding carboxylic acids is 2. The number of fused-ring (bicyclic) bond motifs is 1. The Morgan fingerprint density at radius 1 is 0.829 bits per heavy atom. The number of carbonyl (C=O) groups is 2. The monoisotopic (exact) mass is 479 g/mol. The van der Waals surface area contributed by atoms with Crippen LogP contribution in [-0.4, -0.2) is 23.3 Å². The van der Waals surface area contributed by atoms with Crippen molar-refractivity contribution in [3.63, 3.8) is 0 Å². The van der Waals surface area contributed by atoms with E-state index in [1.165, 1.54) is 4.88 Å². The van der Waals surface area contributed by atoms with Crippen molar-refractivity contribution in [2.24, 2.45) is 0 Å². The zero-order valence-corrected chi connectivity index (χ0v) is 19.8. The number of hydrogen-bond acceptors (Lipinski definition) is 3. The molecule has 2 atom stereocenters. The van der Waals surface area contributed by atoms with Gasteiger partial charge in [-0.15, -0.1) is 11.3 Å². The second kappa shape index (κ2) is 10.4. The minimum Gasteiger partial charge on any atom is -0.361 e. The van der Waals surface area contributed by atoms with E-state index in [0.717, 1.165) is 22.0 Å². The van der Waals surface area contributed by atoms with Crippen LogP contribution >= 0.6 is 11.3 Å². The molecule has 2 unspecified atom stereocenters. The topological polar surface area (TPSA) is 74.0 Å². The molecule has 5 aromatic rings. The first-order valence-electron chi connectivity index (χ1n) is 11.5. The highest BCUT2D eigenvalue weighted by Crippen LogP contribution is 2.33. The molecule has 174 valence electrons. The number of aromatic amines is 1. The zero-order valence-electron chi connectivity index (χ0n) is 19.0. The van der Waals surface area contributed by atoms with Crippen molar-refractivity contribution in [2.75, 3.05) is 6.54 Å². The predicted molar refractivity (Wildman–Crippen MR) is 141 cm³/mol. The first-order valence-corrected chi connectivity index (χ1v) is 12.4. The van der Waals surface area contributed by atoms with Crippen molar-refractivity contribution in [3.8, 4) is 0 Å². The average Bonchev–Trinajstić information content (AvgIpc) is 3.59. The van der Waals surface area contributed by atoms with E-state index < -0.39 is 6.04 Å². The molecular weight excluding hydrogens is 454 g/mol. The summed E-state index contributed by atoms with van der Waals surface area (Å²) in [5.41, 5.74) is 3.44. The maximum atomic E-state index is 13.5. The molecule has 0 saturated carbocycles. The molecule has 0 spiro atoms. The van der Waals surface area contributed by atoms with Crippen molar-refractivity contribution < 1.29 is 9.59 Å². The molecule has 2 aromatic heterocycles. The third-order valence-corrected chi connectivity index (χ3v) is 7.06. The van der Waals surface area contributed by atoms with Gasteiger partial charge >= 0.3 is 0 Å². The summed E-state index contributed by atoms with van der Waals surface area (Å²) < 4.78 is 0. The molecule has 3 aromatic carbocycles. The number of nitrogens with one attached hydrogen (secondary N) is 3. The van der Waals surface area contributed by atoms with Gasteiger partial charge in [-0.1, -0.05) is 72.8 Å². The van der Waals surface area contributed by atoms with E-state index in [4.69, 9.17) is 0 Å². The number of thiophene rings is 1. The Kier molecular flexibility index (Phi) is 6.73. The van der Waals surface area contributed by atoms with Gasteiger partial charge in [0.2, 0.25) is 5.91 Å². The highest BCUT2D eigenvalue weighted by atomic mass is 32.1. The van der Waals surface area contributed by atoms with Gasteiger partial charge in [-0.05, 0) is 40.8 Å². The lowest BCUT2D eigenvalue weighted by Crippen LogP contribution is -2.41. The molecule has 0 saturated heterocycles. The van der Waals surface area contributed by atoms with Gasteiger partial charge in [0.05, 0.1) is 0 Å². The van der Waals surface area contributed by atoms with Crippen molar-refractivity contribution in [1.82, 2.24) is 15.6 Å². The van der Waals surface area contributed by atoms with Gasteiger partial charge in [-0.3, -0.25) is 9.59 Å². The number of hydrogen-bond donors (Lipinski definition) is 3. The summed E-state index contributed by atoms with van der Waals surface area (Å²) in [6, 6.07) is 29.7. The SMILES string of the molecule is O=C(NC(C(=O)NCC(c1cccs1)c1c[nH]c2ccccc12)c1ccccc1)c1ccccc1. The fraction of sp³-hybridized carbons (Fsp3) is 0.103. The summed E-state index contributed by atoms with van der Waals surface area (Å²) >= 11 is 1.67. The Labute approximate surface area is 207 Å². The Balaban J connectivity index is 1.40. The van der Waals surface area contributed by atoms with E-state index in [1.807, 2.05) is 72.2 Å². The summed E-state index contributed by atoms with van der Waals surface area (Å²) in [7, 11) is 0. The highest BCUT2D eigenvalue weighted by Gasteiger charge is 2.26. The van der Waals surface area contributed by atoms with Crippen LogP contribution in [0.3, 0.4) is 0 Å². The fourth-order valence-electron chi connectivity index (χ4n) is 4.29. The summed E-state index contributed by atoms with van der Waals surface area (Å²) in [4.78, 5) is 30.9. The zero-order chi connectivity index (χ0) is 24.0. The lowest BCUT2D eigenvalue weighted by Gasteiger charge is -2.22.